The number of alkyl halides is 4. The van der Waals surface area contributed by atoms with E-state index in [-0.39, 0.29) is 4.83 Å². The summed E-state index contributed by atoms with van der Waals surface area (Å²) in [4.78, 5) is 0.00545. The Morgan fingerprint density at radius 1 is 1.00 bits per heavy atom. The van der Waals surface area contributed by atoms with E-state index in [0.717, 1.165) is 24.1 Å². The van der Waals surface area contributed by atoms with Gasteiger partial charge in [-0.1, -0.05) is 52.3 Å². The molecular formula is C16H14BrF3. The van der Waals surface area contributed by atoms with Crippen LogP contribution in [0.1, 0.15) is 27.1 Å². The van der Waals surface area contributed by atoms with E-state index in [4.69, 9.17) is 0 Å². The Morgan fingerprint density at radius 3 is 2.15 bits per heavy atom. The molecule has 0 spiro atoms. The Bertz CT molecular complexity index is 573. The fourth-order valence-electron chi connectivity index (χ4n) is 2.03. The van der Waals surface area contributed by atoms with Crippen LogP contribution in [0.2, 0.25) is 0 Å². The number of benzene rings is 2. The summed E-state index contributed by atoms with van der Waals surface area (Å²) < 4.78 is 37.5. The molecule has 0 saturated heterocycles. The number of hydrogen-bond donors (Lipinski definition) is 0. The van der Waals surface area contributed by atoms with Gasteiger partial charge in [-0.2, -0.15) is 13.2 Å². The molecule has 0 aliphatic rings. The molecule has 1 unspecified atom stereocenters. The van der Waals surface area contributed by atoms with Crippen molar-refractivity contribution in [3.8, 4) is 0 Å². The molecule has 0 nitrogen and oxygen atoms in total. The first kappa shape index (κ1) is 15.1. The molecule has 0 saturated carbocycles. The first-order chi connectivity index (χ1) is 9.38. The molecule has 0 aliphatic heterocycles. The molecular weight excluding hydrogens is 329 g/mol. The van der Waals surface area contributed by atoms with Gasteiger partial charge < -0.3 is 0 Å². The quantitative estimate of drug-likeness (QED) is 0.628. The smallest absolute Gasteiger partial charge is 0.166 e. The van der Waals surface area contributed by atoms with Crippen molar-refractivity contribution in [2.45, 2.75) is 24.3 Å². The molecule has 0 bridgehead atoms. The highest BCUT2D eigenvalue weighted by molar-refractivity contribution is 9.09. The van der Waals surface area contributed by atoms with Crippen LogP contribution in [-0.2, 0) is 12.6 Å². The number of halogens is 4. The molecule has 1 atom stereocenters. The summed E-state index contributed by atoms with van der Waals surface area (Å²) in [6.07, 6.45) is -3.53. The monoisotopic (exact) mass is 342 g/mol. The van der Waals surface area contributed by atoms with E-state index in [1.807, 2.05) is 31.2 Å². The first-order valence-electron chi connectivity index (χ1n) is 6.23. The lowest BCUT2D eigenvalue weighted by atomic mass is 10.00. The minimum atomic E-state index is -4.28. The third-order valence-corrected chi connectivity index (χ3v) is 4.11. The van der Waals surface area contributed by atoms with Crippen LogP contribution in [0.5, 0.6) is 0 Å². The lowest BCUT2D eigenvalue weighted by Gasteiger charge is -2.13. The molecule has 2 aromatic carbocycles. The van der Waals surface area contributed by atoms with Gasteiger partial charge in [-0.3, -0.25) is 0 Å². The van der Waals surface area contributed by atoms with E-state index in [1.54, 1.807) is 0 Å². The lowest BCUT2D eigenvalue weighted by Crippen LogP contribution is -2.05. The normalized spacial score (nSPS) is 13.2. The minimum absolute atomic E-state index is 0.00545. The predicted molar refractivity (Wildman–Crippen MR) is 78.0 cm³/mol. The van der Waals surface area contributed by atoms with Crippen molar-refractivity contribution in [2.75, 3.05) is 0 Å². The third-order valence-electron chi connectivity index (χ3n) is 3.26. The molecule has 0 amide bonds. The van der Waals surface area contributed by atoms with Crippen molar-refractivity contribution >= 4 is 15.9 Å². The number of hydrogen-bond acceptors (Lipinski definition) is 0. The van der Waals surface area contributed by atoms with Crippen molar-refractivity contribution in [1.29, 1.82) is 0 Å². The number of aryl methyl sites for hydroxylation is 1. The molecule has 0 aliphatic carbocycles. The largest absolute Gasteiger partial charge is 0.416 e. The second-order valence-electron chi connectivity index (χ2n) is 4.72. The Labute approximate surface area is 124 Å². The highest BCUT2D eigenvalue weighted by Crippen LogP contribution is 2.32. The molecule has 2 aromatic rings. The van der Waals surface area contributed by atoms with Crippen molar-refractivity contribution in [2.24, 2.45) is 0 Å². The maximum absolute atomic E-state index is 12.5. The average Bonchev–Trinajstić information content (AvgIpc) is 2.40. The van der Waals surface area contributed by atoms with Crippen molar-refractivity contribution in [3.63, 3.8) is 0 Å². The maximum Gasteiger partial charge on any atom is 0.416 e. The van der Waals surface area contributed by atoms with E-state index in [0.29, 0.717) is 0 Å². The Kier molecular flexibility index (Phi) is 4.53. The molecule has 4 heteroatoms. The van der Waals surface area contributed by atoms with Crippen LogP contribution in [0, 0.1) is 6.92 Å². The van der Waals surface area contributed by atoms with E-state index in [2.05, 4.69) is 15.9 Å². The van der Waals surface area contributed by atoms with Gasteiger partial charge in [0.1, 0.15) is 0 Å². The molecule has 20 heavy (non-hydrogen) atoms. The van der Waals surface area contributed by atoms with Gasteiger partial charge in [-0.05, 0) is 42.2 Å². The van der Waals surface area contributed by atoms with Crippen LogP contribution in [0.25, 0.3) is 0 Å². The standard InChI is InChI=1S/C16H14BrF3/c1-11-4-2-3-5-13(11)10-15(17)12-6-8-14(9-7-12)16(18,19)20/h2-9,15H,10H2,1H3. The summed E-state index contributed by atoms with van der Waals surface area (Å²) >= 11 is 3.55. The van der Waals surface area contributed by atoms with E-state index in [1.165, 1.54) is 23.3 Å². The van der Waals surface area contributed by atoms with Crippen LogP contribution in [-0.4, -0.2) is 0 Å². The molecule has 0 radical (unpaired) electrons. The zero-order valence-electron chi connectivity index (χ0n) is 10.9. The van der Waals surface area contributed by atoms with Gasteiger partial charge in [0, 0.05) is 4.83 Å². The van der Waals surface area contributed by atoms with Crippen LogP contribution in [0.3, 0.4) is 0 Å². The van der Waals surface area contributed by atoms with Gasteiger partial charge >= 0.3 is 6.18 Å². The van der Waals surface area contributed by atoms with E-state index < -0.39 is 11.7 Å². The summed E-state index contributed by atoms with van der Waals surface area (Å²) in [5, 5.41) is 0. The second-order valence-corrected chi connectivity index (χ2v) is 5.82. The molecule has 0 fully saturated rings. The SMILES string of the molecule is Cc1ccccc1CC(Br)c1ccc(C(F)(F)F)cc1. The molecule has 0 aromatic heterocycles. The summed E-state index contributed by atoms with van der Waals surface area (Å²) in [5.41, 5.74) is 2.61. The average molecular weight is 343 g/mol. The third kappa shape index (κ3) is 3.63. The van der Waals surface area contributed by atoms with E-state index >= 15 is 0 Å². The second kappa shape index (κ2) is 6.00. The first-order valence-corrected chi connectivity index (χ1v) is 7.15. The summed E-state index contributed by atoms with van der Waals surface area (Å²) in [6, 6.07) is 13.3. The van der Waals surface area contributed by atoms with Crippen LogP contribution < -0.4 is 0 Å². The Hall–Kier alpha value is -1.29. The lowest BCUT2D eigenvalue weighted by molar-refractivity contribution is -0.137. The van der Waals surface area contributed by atoms with Gasteiger partial charge in [-0.15, -0.1) is 0 Å². The molecule has 0 heterocycles. The fourth-order valence-corrected chi connectivity index (χ4v) is 2.68. The topological polar surface area (TPSA) is 0 Å². The van der Waals surface area contributed by atoms with Gasteiger partial charge in [0.25, 0.3) is 0 Å². The van der Waals surface area contributed by atoms with Crippen molar-refractivity contribution < 1.29 is 13.2 Å². The van der Waals surface area contributed by atoms with Gasteiger partial charge in [0.2, 0.25) is 0 Å². The Morgan fingerprint density at radius 2 is 1.60 bits per heavy atom. The van der Waals surface area contributed by atoms with E-state index in [9.17, 15) is 13.2 Å². The van der Waals surface area contributed by atoms with Crippen molar-refractivity contribution in [3.05, 3.63) is 70.8 Å². The van der Waals surface area contributed by atoms with Gasteiger partial charge in [0.05, 0.1) is 5.56 Å². The summed E-state index contributed by atoms with van der Waals surface area (Å²) in [6.45, 7) is 2.03. The zero-order valence-corrected chi connectivity index (χ0v) is 12.5. The predicted octanol–water partition coefficient (Wildman–Crippen LogP) is 5.69. The van der Waals surface area contributed by atoms with Gasteiger partial charge in [-0.25, -0.2) is 0 Å². The molecule has 0 N–H and O–H groups in total. The van der Waals surface area contributed by atoms with Gasteiger partial charge in [0.15, 0.2) is 0 Å². The molecule has 106 valence electrons. The summed E-state index contributed by atoms with van der Waals surface area (Å²) in [5.74, 6) is 0. The highest BCUT2D eigenvalue weighted by atomic mass is 79.9. The maximum atomic E-state index is 12.5. The minimum Gasteiger partial charge on any atom is -0.166 e. The summed E-state index contributed by atoms with van der Waals surface area (Å²) in [7, 11) is 0. The molecule has 2 rings (SSSR count). The highest BCUT2D eigenvalue weighted by Gasteiger charge is 2.30. The Balaban J connectivity index is 2.14. The van der Waals surface area contributed by atoms with Crippen LogP contribution in [0.4, 0.5) is 13.2 Å². The fraction of sp³-hybridized carbons (Fsp3) is 0.250. The zero-order chi connectivity index (χ0) is 14.8. The van der Waals surface area contributed by atoms with Crippen molar-refractivity contribution in [1.82, 2.24) is 0 Å². The van der Waals surface area contributed by atoms with Crippen LogP contribution in [0.15, 0.2) is 48.5 Å². The van der Waals surface area contributed by atoms with Crippen LogP contribution >= 0.6 is 15.9 Å². The number of rotatable bonds is 3.